The maximum Gasteiger partial charge on any atom is 0.309 e. The Kier molecular flexibility index (Phi) is 6.74. The molecule has 32 heavy (non-hydrogen) atoms. The quantitative estimate of drug-likeness (QED) is 0.501. The lowest BCUT2D eigenvalue weighted by Gasteiger charge is -2.29. The summed E-state index contributed by atoms with van der Waals surface area (Å²) in [6.45, 7) is 0.0501. The number of fused-ring (bicyclic) bond motifs is 1. The van der Waals surface area contributed by atoms with Crippen LogP contribution in [0.5, 0.6) is 5.75 Å². The summed E-state index contributed by atoms with van der Waals surface area (Å²) in [4.78, 5) is 28.9. The normalized spacial score (nSPS) is 15.5. The largest absolute Gasteiger partial charge is 0.497 e. The van der Waals surface area contributed by atoms with E-state index in [1.807, 2.05) is 6.07 Å². The molecule has 1 aromatic carbocycles. The van der Waals surface area contributed by atoms with Crippen LogP contribution in [0.3, 0.4) is 0 Å². The van der Waals surface area contributed by atoms with Crippen molar-refractivity contribution in [2.45, 2.75) is 17.1 Å². The first-order valence-electron chi connectivity index (χ1n) is 9.81. The lowest BCUT2D eigenvalue weighted by molar-refractivity contribution is -0.152. The van der Waals surface area contributed by atoms with Crippen LogP contribution in [0.15, 0.2) is 39.9 Å². The van der Waals surface area contributed by atoms with Crippen LogP contribution in [-0.4, -0.2) is 56.4 Å². The van der Waals surface area contributed by atoms with E-state index in [1.54, 1.807) is 36.8 Å². The first kappa shape index (κ1) is 22.6. The van der Waals surface area contributed by atoms with Gasteiger partial charge in [0.1, 0.15) is 9.96 Å². The van der Waals surface area contributed by atoms with Crippen LogP contribution in [0.4, 0.5) is 5.13 Å². The number of rotatable bonds is 7. The van der Waals surface area contributed by atoms with Gasteiger partial charge in [0, 0.05) is 13.1 Å². The van der Waals surface area contributed by atoms with Crippen molar-refractivity contribution in [1.82, 2.24) is 9.29 Å². The highest BCUT2D eigenvalue weighted by Crippen LogP contribution is 2.29. The Morgan fingerprint density at radius 3 is 2.72 bits per heavy atom. The number of ether oxygens (including phenoxy) is 2. The molecule has 0 unspecified atom stereocenters. The predicted octanol–water partition coefficient (Wildman–Crippen LogP) is 2.95. The van der Waals surface area contributed by atoms with Gasteiger partial charge in [0.15, 0.2) is 11.7 Å². The minimum absolute atomic E-state index is 0.237. The number of nitrogens with one attached hydrogen (secondary N) is 1. The number of hydrogen-bond acceptors (Lipinski definition) is 9. The third-order valence-corrected chi connectivity index (χ3v) is 9.27. The number of hydrogen-bond donors (Lipinski definition) is 1. The number of anilines is 1. The molecule has 3 aromatic rings. The van der Waals surface area contributed by atoms with Crippen molar-refractivity contribution in [1.29, 1.82) is 0 Å². The number of nitrogens with zero attached hydrogens (tertiary/aromatic N) is 2. The van der Waals surface area contributed by atoms with E-state index < -0.39 is 34.4 Å². The molecule has 9 nitrogen and oxygen atoms in total. The van der Waals surface area contributed by atoms with E-state index in [1.165, 1.54) is 27.0 Å². The molecule has 0 bridgehead atoms. The molecule has 1 N–H and O–H groups in total. The molecule has 1 saturated heterocycles. The zero-order chi connectivity index (χ0) is 22.7. The van der Waals surface area contributed by atoms with Crippen molar-refractivity contribution < 1.29 is 27.5 Å². The fourth-order valence-electron chi connectivity index (χ4n) is 3.36. The zero-order valence-electron chi connectivity index (χ0n) is 17.1. The van der Waals surface area contributed by atoms with E-state index in [0.717, 1.165) is 10.2 Å². The van der Waals surface area contributed by atoms with Gasteiger partial charge in [-0.2, -0.15) is 4.31 Å². The van der Waals surface area contributed by atoms with E-state index in [9.17, 15) is 18.0 Å². The SMILES string of the molecule is COc1ccc2nc(NC(=O)COC(=O)C3CCN(S(=O)(=O)c4cccs4)CC3)sc2c1. The Morgan fingerprint density at radius 1 is 1.25 bits per heavy atom. The highest BCUT2D eigenvalue weighted by molar-refractivity contribution is 7.91. The Bertz CT molecular complexity index is 1210. The molecule has 2 aromatic heterocycles. The van der Waals surface area contributed by atoms with Crippen molar-refractivity contribution in [3.63, 3.8) is 0 Å². The lowest BCUT2D eigenvalue weighted by atomic mass is 9.98. The van der Waals surface area contributed by atoms with Crippen molar-refractivity contribution >= 4 is 59.9 Å². The molecule has 3 heterocycles. The van der Waals surface area contributed by atoms with E-state index in [2.05, 4.69) is 10.3 Å². The maximum absolute atomic E-state index is 12.6. The van der Waals surface area contributed by atoms with E-state index in [4.69, 9.17) is 9.47 Å². The summed E-state index contributed by atoms with van der Waals surface area (Å²) in [5, 5.41) is 4.75. The van der Waals surface area contributed by atoms with Gasteiger partial charge >= 0.3 is 5.97 Å². The summed E-state index contributed by atoms with van der Waals surface area (Å²) in [7, 11) is -1.95. The lowest BCUT2D eigenvalue weighted by Crippen LogP contribution is -2.40. The van der Waals surface area contributed by atoms with Gasteiger partial charge in [0.05, 0.1) is 23.2 Å². The van der Waals surface area contributed by atoms with Gasteiger partial charge in [-0.25, -0.2) is 13.4 Å². The fourth-order valence-corrected chi connectivity index (χ4v) is 6.89. The first-order chi connectivity index (χ1) is 15.4. The maximum atomic E-state index is 12.6. The zero-order valence-corrected chi connectivity index (χ0v) is 19.6. The van der Waals surface area contributed by atoms with Crippen LogP contribution in [0.25, 0.3) is 10.2 Å². The molecular weight excluding hydrogens is 474 g/mol. The Labute approximate surface area is 193 Å². The topological polar surface area (TPSA) is 115 Å². The number of amides is 1. The number of esters is 1. The summed E-state index contributed by atoms with van der Waals surface area (Å²) < 4.78 is 38.0. The van der Waals surface area contributed by atoms with Crippen molar-refractivity contribution in [3.05, 3.63) is 35.7 Å². The monoisotopic (exact) mass is 495 g/mol. The number of aromatic nitrogens is 1. The highest BCUT2D eigenvalue weighted by Gasteiger charge is 2.33. The Balaban J connectivity index is 1.26. The standard InChI is InChI=1S/C20H21N3O6S3/c1-28-14-4-5-15-16(11-14)31-20(21-15)22-17(24)12-29-19(25)13-6-8-23(9-7-13)32(26,27)18-3-2-10-30-18/h2-5,10-11,13H,6-9,12H2,1H3,(H,21,22,24). The second-order valence-corrected chi connectivity index (χ2v) is 11.3. The second-order valence-electron chi connectivity index (χ2n) is 7.12. The molecular formula is C20H21N3O6S3. The number of sulfonamides is 1. The van der Waals surface area contributed by atoms with Crippen LogP contribution in [0, 0.1) is 5.92 Å². The summed E-state index contributed by atoms with van der Waals surface area (Å²) in [5.41, 5.74) is 0.729. The summed E-state index contributed by atoms with van der Waals surface area (Å²) in [6, 6.07) is 8.67. The van der Waals surface area contributed by atoms with Gasteiger partial charge in [-0.1, -0.05) is 17.4 Å². The average Bonchev–Trinajstić information content (AvgIpc) is 3.47. The molecule has 1 aliphatic heterocycles. The second kappa shape index (κ2) is 9.53. The number of benzene rings is 1. The number of carbonyl (C=O) groups excluding carboxylic acids is 2. The molecule has 12 heteroatoms. The number of methoxy groups -OCH3 is 1. The smallest absolute Gasteiger partial charge is 0.309 e. The number of thiazole rings is 1. The van der Waals surface area contributed by atoms with E-state index in [0.29, 0.717) is 27.9 Å². The van der Waals surface area contributed by atoms with Crippen LogP contribution >= 0.6 is 22.7 Å². The Morgan fingerprint density at radius 2 is 2.03 bits per heavy atom. The van der Waals surface area contributed by atoms with Gasteiger partial charge in [-0.15, -0.1) is 11.3 Å². The highest BCUT2D eigenvalue weighted by atomic mass is 32.2. The van der Waals surface area contributed by atoms with Crippen molar-refractivity contribution in [3.8, 4) is 5.75 Å². The molecule has 0 radical (unpaired) electrons. The van der Waals surface area contributed by atoms with Gasteiger partial charge in [0.2, 0.25) is 0 Å². The number of piperidine rings is 1. The van der Waals surface area contributed by atoms with Gasteiger partial charge in [-0.05, 0) is 42.5 Å². The van der Waals surface area contributed by atoms with Crippen molar-refractivity contribution in [2.24, 2.45) is 5.92 Å². The minimum atomic E-state index is -3.52. The summed E-state index contributed by atoms with van der Waals surface area (Å²) in [6.07, 6.45) is 0.704. The third-order valence-electron chi connectivity index (χ3n) is 5.06. The molecule has 4 rings (SSSR count). The van der Waals surface area contributed by atoms with Crippen LogP contribution in [0.2, 0.25) is 0 Å². The van der Waals surface area contributed by atoms with E-state index in [-0.39, 0.29) is 13.1 Å². The molecule has 0 atom stereocenters. The fraction of sp³-hybridized carbons (Fsp3) is 0.350. The molecule has 0 spiro atoms. The van der Waals surface area contributed by atoms with Gasteiger partial charge < -0.3 is 9.47 Å². The van der Waals surface area contributed by atoms with Crippen LogP contribution in [-0.2, 0) is 24.3 Å². The minimum Gasteiger partial charge on any atom is -0.497 e. The molecule has 0 saturated carbocycles. The number of carbonyl (C=O) groups is 2. The summed E-state index contributed by atoms with van der Waals surface area (Å²) in [5.74, 6) is -0.723. The first-order valence-corrected chi connectivity index (χ1v) is 12.9. The van der Waals surface area contributed by atoms with Crippen molar-refractivity contribution in [2.75, 3.05) is 32.1 Å². The molecule has 1 fully saturated rings. The molecule has 1 amide bonds. The predicted molar refractivity (Wildman–Crippen MR) is 122 cm³/mol. The van der Waals surface area contributed by atoms with E-state index >= 15 is 0 Å². The third kappa shape index (κ3) is 4.93. The summed E-state index contributed by atoms with van der Waals surface area (Å²) >= 11 is 2.46. The average molecular weight is 496 g/mol. The molecule has 1 aliphatic rings. The molecule has 0 aliphatic carbocycles. The number of thiophene rings is 1. The van der Waals surface area contributed by atoms with Gasteiger partial charge in [0.25, 0.3) is 15.9 Å². The Hall–Kier alpha value is -2.54. The van der Waals surface area contributed by atoms with Crippen LogP contribution < -0.4 is 10.1 Å². The molecule has 170 valence electrons. The van der Waals surface area contributed by atoms with Gasteiger partial charge in [-0.3, -0.25) is 14.9 Å². The van der Waals surface area contributed by atoms with Crippen LogP contribution in [0.1, 0.15) is 12.8 Å².